The standard InChI is InChI=1S/C16H24F2N2O3/c1-15(2,3)23-14(22)20-10-16(17,18)13(21)12(19)9-11-7-5-4-6-8-11/h4-8,12-13,21H,9-10,19H2,1-3H3,(H,20,22). The van der Waals surface area contributed by atoms with Gasteiger partial charge in [-0.25, -0.2) is 13.6 Å². The summed E-state index contributed by atoms with van der Waals surface area (Å²) in [6, 6.07) is 7.64. The van der Waals surface area contributed by atoms with Gasteiger partial charge in [0.2, 0.25) is 0 Å². The van der Waals surface area contributed by atoms with E-state index in [1.54, 1.807) is 51.1 Å². The molecule has 1 amide bonds. The Morgan fingerprint density at radius 2 is 1.87 bits per heavy atom. The number of rotatable bonds is 6. The average molecular weight is 330 g/mol. The van der Waals surface area contributed by atoms with Gasteiger partial charge in [0.1, 0.15) is 11.7 Å². The smallest absolute Gasteiger partial charge is 0.407 e. The van der Waals surface area contributed by atoms with E-state index in [0.717, 1.165) is 5.56 Å². The van der Waals surface area contributed by atoms with Crippen LogP contribution in [0.3, 0.4) is 0 Å². The van der Waals surface area contributed by atoms with Crippen molar-refractivity contribution in [2.24, 2.45) is 5.73 Å². The number of aliphatic hydroxyl groups excluding tert-OH is 1. The lowest BCUT2D eigenvalue weighted by Crippen LogP contribution is -2.53. The van der Waals surface area contributed by atoms with Crippen LogP contribution >= 0.6 is 0 Å². The van der Waals surface area contributed by atoms with Gasteiger partial charge in [-0.2, -0.15) is 0 Å². The third-order valence-electron chi connectivity index (χ3n) is 3.02. The maximum atomic E-state index is 14.0. The average Bonchev–Trinajstić information content (AvgIpc) is 2.43. The summed E-state index contributed by atoms with van der Waals surface area (Å²) in [7, 11) is 0. The first-order valence-corrected chi connectivity index (χ1v) is 7.33. The lowest BCUT2D eigenvalue weighted by atomic mass is 9.98. The highest BCUT2D eigenvalue weighted by Crippen LogP contribution is 2.21. The molecule has 1 aromatic rings. The first-order valence-electron chi connectivity index (χ1n) is 7.33. The second kappa shape index (κ2) is 7.70. The number of carbonyl (C=O) groups is 1. The van der Waals surface area contributed by atoms with Gasteiger partial charge in [0.15, 0.2) is 0 Å². The molecule has 0 fully saturated rings. The monoisotopic (exact) mass is 330 g/mol. The summed E-state index contributed by atoms with van der Waals surface area (Å²) < 4.78 is 32.8. The molecule has 0 spiro atoms. The molecular formula is C16H24F2N2O3. The first-order chi connectivity index (χ1) is 10.5. The molecular weight excluding hydrogens is 306 g/mol. The molecule has 0 aliphatic heterocycles. The van der Waals surface area contributed by atoms with Crippen molar-refractivity contribution in [3.05, 3.63) is 35.9 Å². The number of nitrogens with two attached hydrogens (primary N) is 1. The molecule has 0 heterocycles. The second-order valence-corrected chi connectivity index (χ2v) is 6.41. The summed E-state index contributed by atoms with van der Waals surface area (Å²) in [5.41, 5.74) is 5.62. The van der Waals surface area contributed by atoms with Crippen LogP contribution in [0.25, 0.3) is 0 Å². The fourth-order valence-corrected chi connectivity index (χ4v) is 1.92. The van der Waals surface area contributed by atoms with E-state index in [9.17, 15) is 18.7 Å². The van der Waals surface area contributed by atoms with Crippen molar-refractivity contribution in [1.82, 2.24) is 5.32 Å². The first kappa shape index (κ1) is 19.3. The van der Waals surface area contributed by atoms with Crippen LogP contribution in [0.1, 0.15) is 26.3 Å². The fourth-order valence-electron chi connectivity index (χ4n) is 1.92. The van der Waals surface area contributed by atoms with Gasteiger partial charge < -0.3 is 20.9 Å². The van der Waals surface area contributed by atoms with Crippen LogP contribution in [-0.4, -0.2) is 41.4 Å². The minimum atomic E-state index is -3.56. The molecule has 0 radical (unpaired) electrons. The van der Waals surface area contributed by atoms with Crippen LogP contribution in [-0.2, 0) is 11.2 Å². The zero-order valence-electron chi connectivity index (χ0n) is 13.6. The Balaban J connectivity index is 2.55. The largest absolute Gasteiger partial charge is 0.444 e. The highest BCUT2D eigenvalue weighted by molar-refractivity contribution is 5.67. The molecule has 130 valence electrons. The van der Waals surface area contributed by atoms with Crippen LogP contribution < -0.4 is 11.1 Å². The van der Waals surface area contributed by atoms with Crippen molar-refractivity contribution in [2.45, 2.75) is 50.9 Å². The number of ether oxygens (including phenoxy) is 1. The number of hydrogen-bond acceptors (Lipinski definition) is 4. The maximum Gasteiger partial charge on any atom is 0.407 e. The van der Waals surface area contributed by atoms with Gasteiger partial charge in [-0.15, -0.1) is 0 Å². The van der Waals surface area contributed by atoms with E-state index >= 15 is 0 Å². The molecule has 0 bridgehead atoms. The molecule has 23 heavy (non-hydrogen) atoms. The fraction of sp³-hybridized carbons (Fsp3) is 0.562. The van der Waals surface area contributed by atoms with Crippen LogP contribution in [0.5, 0.6) is 0 Å². The molecule has 2 atom stereocenters. The Labute approximate surface area is 134 Å². The summed E-state index contributed by atoms with van der Waals surface area (Å²) in [5, 5.41) is 11.7. The van der Waals surface area contributed by atoms with E-state index in [4.69, 9.17) is 10.5 Å². The van der Waals surface area contributed by atoms with Crippen molar-refractivity contribution < 1.29 is 23.4 Å². The van der Waals surface area contributed by atoms with Crippen molar-refractivity contribution in [1.29, 1.82) is 0 Å². The number of halogens is 2. The number of alkyl carbamates (subject to hydrolysis) is 1. The second-order valence-electron chi connectivity index (χ2n) is 6.41. The normalized spacial score (nSPS) is 14.9. The Hall–Kier alpha value is -1.73. The third kappa shape index (κ3) is 6.92. The van der Waals surface area contributed by atoms with E-state index in [1.165, 1.54) is 0 Å². The van der Waals surface area contributed by atoms with Crippen LogP contribution in [0.2, 0.25) is 0 Å². The van der Waals surface area contributed by atoms with E-state index in [0.29, 0.717) is 0 Å². The minimum Gasteiger partial charge on any atom is -0.444 e. The Kier molecular flexibility index (Phi) is 6.47. The van der Waals surface area contributed by atoms with Gasteiger partial charge in [-0.3, -0.25) is 0 Å². The van der Waals surface area contributed by atoms with Crippen molar-refractivity contribution >= 4 is 6.09 Å². The number of aliphatic hydroxyl groups is 1. The quantitative estimate of drug-likeness (QED) is 0.745. The lowest BCUT2D eigenvalue weighted by Gasteiger charge is -2.28. The van der Waals surface area contributed by atoms with Crippen LogP contribution in [0.15, 0.2) is 30.3 Å². The summed E-state index contributed by atoms with van der Waals surface area (Å²) >= 11 is 0. The van der Waals surface area contributed by atoms with Gasteiger partial charge >= 0.3 is 6.09 Å². The van der Waals surface area contributed by atoms with Crippen LogP contribution in [0.4, 0.5) is 13.6 Å². The van der Waals surface area contributed by atoms with Crippen LogP contribution in [0, 0.1) is 0 Å². The number of amides is 1. The summed E-state index contributed by atoms with van der Waals surface area (Å²) in [5.74, 6) is -3.56. The van der Waals surface area contributed by atoms with Gasteiger partial charge in [-0.05, 0) is 32.8 Å². The summed E-state index contributed by atoms with van der Waals surface area (Å²) in [6.45, 7) is 3.81. The molecule has 0 aliphatic rings. The van der Waals surface area contributed by atoms with Crippen molar-refractivity contribution in [2.75, 3.05) is 6.54 Å². The topological polar surface area (TPSA) is 84.6 Å². The van der Waals surface area contributed by atoms with Gasteiger partial charge in [-0.1, -0.05) is 30.3 Å². The van der Waals surface area contributed by atoms with Gasteiger partial charge in [0.25, 0.3) is 5.92 Å². The SMILES string of the molecule is CC(C)(C)OC(=O)NCC(F)(F)C(O)C(N)Cc1ccccc1. The summed E-state index contributed by atoms with van der Waals surface area (Å²) in [6.07, 6.45) is -2.96. The molecule has 7 heteroatoms. The van der Waals surface area contributed by atoms with E-state index in [2.05, 4.69) is 0 Å². The predicted octanol–water partition coefficient (Wildman–Crippen LogP) is 2.08. The zero-order chi connectivity index (χ0) is 17.7. The molecule has 5 nitrogen and oxygen atoms in total. The third-order valence-corrected chi connectivity index (χ3v) is 3.02. The zero-order valence-corrected chi connectivity index (χ0v) is 13.6. The van der Waals surface area contributed by atoms with E-state index in [-0.39, 0.29) is 6.42 Å². The molecule has 4 N–H and O–H groups in total. The number of alkyl halides is 2. The van der Waals surface area contributed by atoms with Crippen molar-refractivity contribution in [3.8, 4) is 0 Å². The number of benzene rings is 1. The maximum absolute atomic E-state index is 14.0. The molecule has 0 aliphatic carbocycles. The minimum absolute atomic E-state index is 0.101. The number of hydrogen-bond donors (Lipinski definition) is 3. The Morgan fingerprint density at radius 3 is 2.39 bits per heavy atom. The molecule has 0 saturated heterocycles. The van der Waals surface area contributed by atoms with E-state index < -0.39 is 36.3 Å². The molecule has 0 saturated carbocycles. The van der Waals surface area contributed by atoms with Gasteiger partial charge in [0, 0.05) is 6.04 Å². The predicted molar refractivity (Wildman–Crippen MR) is 83.3 cm³/mol. The van der Waals surface area contributed by atoms with Crippen molar-refractivity contribution in [3.63, 3.8) is 0 Å². The highest BCUT2D eigenvalue weighted by Gasteiger charge is 2.42. The molecule has 0 aromatic heterocycles. The number of carbonyl (C=O) groups excluding carboxylic acids is 1. The van der Waals surface area contributed by atoms with Gasteiger partial charge in [0.05, 0.1) is 6.54 Å². The highest BCUT2D eigenvalue weighted by atomic mass is 19.3. The molecule has 1 aromatic carbocycles. The Morgan fingerprint density at radius 1 is 1.30 bits per heavy atom. The van der Waals surface area contributed by atoms with E-state index in [1.807, 2.05) is 5.32 Å². The summed E-state index contributed by atoms with van der Waals surface area (Å²) in [4.78, 5) is 11.4. The Bertz CT molecular complexity index is 504. The molecule has 2 unspecified atom stereocenters. The lowest BCUT2D eigenvalue weighted by molar-refractivity contribution is -0.114. The number of nitrogens with one attached hydrogen (secondary N) is 1. The molecule has 1 rings (SSSR count).